The van der Waals surface area contributed by atoms with Crippen LogP contribution in [-0.2, 0) is 9.59 Å². The lowest BCUT2D eigenvalue weighted by atomic mass is 9.97. The molecule has 0 bridgehead atoms. The van der Waals surface area contributed by atoms with Crippen LogP contribution in [0.4, 0.5) is 0 Å². The van der Waals surface area contributed by atoms with Gasteiger partial charge in [0.15, 0.2) is 0 Å². The first-order valence-electron chi connectivity index (χ1n) is 11.3. The van der Waals surface area contributed by atoms with Crippen LogP contribution in [0.15, 0.2) is 47.6 Å². The van der Waals surface area contributed by atoms with Gasteiger partial charge in [-0.15, -0.1) is 0 Å². The molecule has 3 aromatic rings. The minimum Gasteiger partial charge on any atom is -0.497 e. The Hall–Kier alpha value is -3.85. The van der Waals surface area contributed by atoms with Crippen molar-refractivity contribution in [3.8, 4) is 17.2 Å². The van der Waals surface area contributed by atoms with Gasteiger partial charge in [0.1, 0.15) is 22.4 Å². The number of methoxy groups -OCH3 is 3. The number of benzene rings is 2. The second kappa shape index (κ2) is 10.8. The Labute approximate surface area is 213 Å². The average molecular weight is 512 g/mol. The van der Waals surface area contributed by atoms with Crippen LogP contribution in [0.1, 0.15) is 42.9 Å². The molecule has 188 valence electrons. The molecule has 0 radical (unpaired) electrons. The fraction of sp³-hybridized carbons (Fsp3) is 0.308. The topological polar surface area (TPSA) is 111 Å². The van der Waals surface area contributed by atoms with Gasteiger partial charge in [-0.3, -0.25) is 9.59 Å². The van der Waals surface area contributed by atoms with E-state index in [0.717, 1.165) is 10.9 Å². The molecule has 0 saturated carbocycles. The zero-order chi connectivity index (χ0) is 25.8. The lowest BCUT2D eigenvalue weighted by Crippen LogP contribution is -2.27. The maximum Gasteiger partial charge on any atom is 0.303 e. The summed E-state index contributed by atoms with van der Waals surface area (Å²) in [5.74, 6) is 0.596. The second-order valence-electron chi connectivity index (χ2n) is 8.25. The van der Waals surface area contributed by atoms with E-state index in [1.54, 1.807) is 39.5 Å². The number of pyridine rings is 1. The zero-order valence-electron chi connectivity index (χ0n) is 20.2. The molecule has 1 aliphatic rings. The van der Waals surface area contributed by atoms with Crippen molar-refractivity contribution in [2.24, 2.45) is 5.10 Å². The number of nitrogens with zero attached hydrogens (tertiary/aromatic N) is 3. The van der Waals surface area contributed by atoms with Crippen LogP contribution in [0.3, 0.4) is 0 Å². The first-order chi connectivity index (χ1) is 17.3. The number of carbonyl (C=O) groups is 2. The number of carboxylic acids is 1. The van der Waals surface area contributed by atoms with E-state index in [4.69, 9.17) is 30.9 Å². The summed E-state index contributed by atoms with van der Waals surface area (Å²) in [7, 11) is 4.70. The number of hydrogen-bond acceptors (Lipinski definition) is 7. The standard InChI is InChI=1S/C26H26ClN3O6/c1-34-16-8-7-15-11-19(26(27)28-20(15)12-16)22-14-21(18-10-9-17(35-2)13-23(18)36-3)29-30(22)24(31)5-4-6-25(32)33/h7-13,22H,4-6,14H2,1-3H3,(H,32,33)/t22-/m0/s1. The van der Waals surface area contributed by atoms with Gasteiger partial charge >= 0.3 is 5.97 Å². The van der Waals surface area contributed by atoms with Gasteiger partial charge < -0.3 is 19.3 Å². The van der Waals surface area contributed by atoms with E-state index >= 15 is 0 Å². The third-order valence-electron chi connectivity index (χ3n) is 6.03. The Balaban J connectivity index is 1.74. The maximum absolute atomic E-state index is 13.2. The van der Waals surface area contributed by atoms with Crippen molar-refractivity contribution in [2.45, 2.75) is 31.7 Å². The molecule has 2 aromatic carbocycles. The molecule has 0 fully saturated rings. The number of carboxylic acid groups (broad SMARTS) is 1. The smallest absolute Gasteiger partial charge is 0.303 e. The van der Waals surface area contributed by atoms with E-state index < -0.39 is 12.0 Å². The highest BCUT2D eigenvalue weighted by atomic mass is 35.5. The number of fused-ring (bicyclic) bond motifs is 1. The van der Waals surface area contributed by atoms with Crippen LogP contribution < -0.4 is 14.2 Å². The first-order valence-corrected chi connectivity index (χ1v) is 11.7. The van der Waals surface area contributed by atoms with Crippen molar-refractivity contribution in [3.63, 3.8) is 0 Å². The van der Waals surface area contributed by atoms with E-state index in [0.29, 0.717) is 40.5 Å². The van der Waals surface area contributed by atoms with Gasteiger partial charge in [0.2, 0.25) is 5.91 Å². The molecule has 10 heteroatoms. The molecule has 0 spiro atoms. The Morgan fingerprint density at radius 1 is 1.03 bits per heavy atom. The van der Waals surface area contributed by atoms with Gasteiger partial charge in [0, 0.05) is 47.9 Å². The largest absolute Gasteiger partial charge is 0.497 e. The summed E-state index contributed by atoms with van der Waals surface area (Å²) in [5.41, 5.74) is 2.67. The zero-order valence-corrected chi connectivity index (χ0v) is 20.9. The van der Waals surface area contributed by atoms with Crippen LogP contribution in [-0.4, -0.2) is 54.0 Å². The van der Waals surface area contributed by atoms with E-state index in [1.807, 2.05) is 24.3 Å². The minimum atomic E-state index is -0.954. The highest BCUT2D eigenvalue weighted by molar-refractivity contribution is 6.30. The molecule has 4 rings (SSSR count). The number of rotatable bonds is 9. The van der Waals surface area contributed by atoms with Crippen LogP contribution in [0, 0.1) is 0 Å². The number of hydrogen-bond donors (Lipinski definition) is 1. The van der Waals surface area contributed by atoms with Crippen LogP contribution in [0.2, 0.25) is 5.15 Å². The molecule has 1 aromatic heterocycles. The van der Waals surface area contributed by atoms with Crippen molar-refractivity contribution in [2.75, 3.05) is 21.3 Å². The van der Waals surface area contributed by atoms with Gasteiger partial charge in [-0.2, -0.15) is 5.10 Å². The summed E-state index contributed by atoms with van der Waals surface area (Å²) < 4.78 is 16.1. The molecule has 36 heavy (non-hydrogen) atoms. The van der Waals surface area contributed by atoms with Crippen molar-refractivity contribution in [1.82, 2.24) is 9.99 Å². The molecular weight excluding hydrogens is 486 g/mol. The number of halogens is 1. The third kappa shape index (κ3) is 5.21. The van der Waals surface area contributed by atoms with E-state index in [-0.39, 0.29) is 30.3 Å². The molecule has 9 nitrogen and oxygen atoms in total. The van der Waals surface area contributed by atoms with Crippen molar-refractivity contribution in [1.29, 1.82) is 0 Å². The van der Waals surface area contributed by atoms with Gasteiger partial charge in [-0.25, -0.2) is 9.99 Å². The molecule has 2 heterocycles. The lowest BCUT2D eigenvalue weighted by molar-refractivity contribution is -0.137. The third-order valence-corrected chi connectivity index (χ3v) is 6.33. The van der Waals surface area contributed by atoms with E-state index in [2.05, 4.69) is 10.1 Å². The van der Waals surface area contributed by atoms with Gasteiger partial charge in [-0.05, 0) is 36.8 Å². The fourth-order valence-corrected chi connectivity index (χ4v) is 4.46. The molecule has 1 atom stereocenters. The predicted octanol–water partition coefficient (Wildman–Crippen LogP) is 4.85. The normalized spacial score (nSPS) is 15.1. The highest BCUT2D eigenvalue weighted by Gasteiger charge is 2.35. The maximum atomic E-state index is 13.2. The number of hydrazone groups is 1. The Morgan fingerprint density at radius 3 is 2.44 bits per heavy atom. The molecule has 1 amide bonds. The van der Waals surface area contributed by atoms with Crippen molar-refractivity contribution < 1.29 is 28.9 Å². The summed E-state index contributed by atoms with van der Waals surface area (Å²) in [6, 6.07) is 12.3. The van der Waals surface area contributed by atoms with Gasteiger partial charge in [-0.1, -0.05) is 11.6 Å². The van der Waals surface area contributed by atoms with Crippen molar-refractivity contribution in [3.05, 3.63) is 58.7 Å². The molecule has 1 N–H and O–H groups in total. The van der Waals surface area contributed by atoms with E-state index in [9.17, 15) is 9.59 Å². The molecule has 0 saturated heterocycles. The SMILES string of the molecule is COc1ccc(C2=NN(C(=O)CCCC(=O)O)[C@H](c3cc4ccc(OC)cc4nc3Cl)C2)c(OC)c1. The number of ether oxygens (including phenoxy) is 3. The van der Waals surface area contributed by atoms with Gasteiger partial charge in [0.25, 0.3) is 0 Å². The fourth-order valence-electron chi connectivity index (χ4n) is 4.19. The average Bonchev–Trinajstić information content (AvgIpc) is 3.32. The monoisotopic (exact) mass is 511 g/mol. The number of aliphatic carboxylic acids is 1. The van der Waals surface area contributed by atoms with Crippen LogP contribution in [0.25, 0.3) is 10.9 Å². The molecular formula is C26H26ClN3O6. The Morgan fingerprint density at radius 2 is 1.75 bits per heavy atom. The number of aromatic nitrogens is 1. The summed E-state index contributed by atoms with van der Waals surface area (Å²) in [4.78, 5) is 28.7. The lowest BCUT2D eigenvalue weighted by Gasteiger charge is -2.23. The Kier molecular flexibility index (Phi) is 7.59. The summed E-state index contributed by atoms with van der Waals surface area (Å²) in [6.45, 7) is 0. The summed E-state index contributed by atoms with van der Waals surface area (Å²) >= 11 is 6.63. The number of amides is 1. The summed E-state index contributed by atoms with van der Waals surface area (Å²) in [5, 5.41) is 16.1. The molecule has 0 unspecified atom stereocenters. The molecule has 0 aliphatic carbocycles. The summed E-state index contributed by atoms with van der Waals surface area (Å²) in [6.07, 6.45) is 0.510. The highest BCUT2D eigenvalue weighted by Crippen LogP contribution is 2.39. The van der Waals surface area contributed by atoms with E-state index in [1.165, 1.54) is 5.01 Å². The quantitative estimate of drug-likeness (QED) is 0.409. The van der Waals surface area contributed by atoms with Crippen LogP contribution in [0.5, 0.6) is 17.2 Å². The second-order valence-corrected chi connectivity index (χ2v) is 8.60. The Bertz CT molecular complexity index is 1340. The van der Waals surface area contributed by atoms with Crippen molar-refractivity contribution >= 4 is 40.1 Å². The van der Waals surface area contributed by atoms with Gasteiger partial charge in [0.05, 0.1) is 38.6 Å². The van der Waals surface area contributed by atoms with Crippen LogP contribution >= 0.6 is 11.6 Å². The molecule has 1 aliphatic heterocycles. The predicted molar refractivity (Wildman–Crippen MR) is 135 cm³/mol. The minimum absolute atomic E-state index is 0.0369. The first kappa shape index (κ1) is 25.2. The number of carbonyl (C=O) groups excluding carboxylic acids is 1.